The van der Waals surface area contributed by atoms with Gasteiger partial charge in [-0.15, -0.1) is 6.42 Å². The highest BCUT2D eigenvalue weighted by Gasteiger charge is 2.49. The van der Waals surface area contributed by atoms with E-state index in [4.69, 9.17) is 26.2 Å². The Kier molecular flexibility index (Phi) is 7.84. The van der Waals surface area contributed by atoms with Gasteiger partial charge in [0.05, 0.1) is 16.5 Å². The van der Waals surface area contributed by atoms with E-state index in [1.54, 1.807) is 17.9 Å². The minimum atomic E-state index is -0.933. The molecular formula is C38H40F3N7O2. The molecule has 0 radical (unpaired) electrons. The van der Waals surface area contributed by atoms with Gasteiger partial charge >= 0.3 is 6.01 Å². The zero-order valence-corrected chi connectivity index (χ0v) is 28.5. The van der Waals surface area contributed by atoms with E-state index in [0.717, 1.165) is 32.2 Å². The highest BCUT2D eigenvalue weighted by Crippen LogP contribution is 2.46. The van der Waals surface area contributed by atoms with Crippen molar-refractivity contribution in [1.82, 2.24) is 30.0 Å². The average Bonchev–Trinajstić information content (AvgIpc) is 3.78. The van der Waals surface area contributed by atoms with Crippen LogP contribution in [-0.4, -0.2) is 86.3 Å². The molecule has 0 amide bonds. The first-order valence-corrected chi connectivity index (χ1v) is 17.4. The molecule has 0 bridgehead atoms. The third kappa shape index (κ3) is 5.04. The molecule has 8 rings (SSSR count). The molecule has 9 nitrogen and oxygen atoms in total. The van der Waals surface area contributed by atoms with Crippen molar-refractivity contribution >= 4 is 38.4 Å². The van der Waals surface area contributed by atoms with Crippen LogP contribution in [0.1, 0.15) is 51.5 Å². The number of nitrogens with zero attached hydrogens (tertiary/aromatic N) is 6. The van der Waals surface area contributed by atoms with E-state index >= 15 is 8.78 Å². The van der Waals surface area contributed by atoms with Crippen LogP contribution in [-0.2, 0) is 7.05 Å². The number of alkyl halides is 1. The number of piperazine rings is 1. The summed E-state index contributed by atoms with van der Waals surface area (Å²) in [6.45, 7) is 7.60. The van der Waals surface area contributed by atoms with Crippen molar-refractivity contribution in [2.24, 2.45) is 7.05 Å². The van der Waals surface area contributed by atoms with Gasteiger partial charge in [0.2, 0.25) is 0 Å². The molecule has 2 aromatic heterocycles. The standard InChI is InChI=1S/C38H40F3N7O2/c1-5-25-28(40)10-9-22-15-24(49)16-26(29(22)25)30-32(41)34-31(27-19-46(4)45-33(27)30)35(47-14-12-42-37(6-2,7-3)20-47)44-36(43-34)50-21-38-11-8-13-48(38)18-23(39)17-38/h1,9-10,15-16,19,23,42,49H,6-8,11-14,17-18,20-21H2,2-4H3/t23-,38+/m1/s1. The first-order chi connectivity index (χ1) is 24.1. The first-order valence-electron chi connectivity index (χ1n) is 17.4. The van der Waals surface area contributed by atoms with Crippen molar-refractivity contribution in [3.05, 3.63) is 47.7 Å². The zero-order valence-electron chi connectivity index (χ0n) is 28.5. The first kappa shape index (κ1) is 32.6. The topological polar surface area (TPSA) is 91.6 Å². The molecule has 3 aromatic carbocycles. The van der Waals surface area contributed by atoms with Gasteiger partial charge in [-0.05, 0) is 61.4 Å². The van der Waals surface area contributed by atoms with Crippen LogP contribution in [0.5, 0.6) is 11.8 Å². The van der Waals surface area contributed by atoms with Gasteiger partial charge < -0.3 is 20.1 Å². The molecule has 2 atom stereocenters. The van der Waals surface area contributed by atoms with E-state index in [0.29, 0.717) is 60.1 Å². The number of phenolic OH excluding ortho intramolecular Hbond substituents is 1. The number of nitrogens with one attached hydrogen (secondary N) is 1. The fraction of sp³-hybridized carbons (Fsp3) is 0.447. The van der Waals surface area contributed by atoms with Crippen molar-refractivity contribution in [1.29, 1.82) is 0 Å². The second-order valence-electron chi connectivity index (χ2n) is 14.2. The molecule has 3 saturated heterocycles. The Morgan fingerprint density at radius 1 is 1.12 bits per heavy atom. The molecule has 0 unspecified atom stereocenters. The van der Waals surface area contributed by atoms with E-state index in [1.165, 1.54) is 24.3 Å². The molecule has 5 heterocycles. The quantitative estimate of drug-likeness (QED) is 0.196. The van der Waals surface area contributed by atoms with E-state index in [9.17, 15) is 9.50 Å². The molecule has 12 heteroatoms. The number of fused-ring (bicyclic) bond motifs is 5. The van der Waals surface area contributed by atoms with E-state index < -0.39 is 23.3 Å². The van der Waals surface area contributed by atoms with Crippen LogP contribution in [0.4, 0.5) is 19.0 Å². The van der Waals surface area contributed by atoms with Crippen molar-refractivity contribution < 1.29 is 23.0 Å². The Balaban J connectivity index is 1.39. The molecule has 0 saturated carbocycles. The van der Waals surface area contributed by atoms with Crippen LogP contribution in [0.3, 0.4) is 0 Å². The summed E-state index contributed by atoms with van der Waals surface area (Å²) in [6.07, 6.45) is 10.6. The van der Waals surface area contributed by atoms with Crippen LogP contribution in [0.2, 0.25) is 0 Å². The minimum Gasteiger partial charge on any atom is -0.508 e. The van der Waals surface area contributed by atoms with Crippen LogP contribution in [0.25, 0.3) is 43.7 Å². The monoisotopic (exact) mass is 683 g/mol. The molecule has 5 aromatic rings. The summed E-state index contributed by atoms with van der Waals surface area (Å²) in [4.78, 5) is 14.0. The summed E-state index contributed by atoms with van der Waals surface area (Å²) in [5.41, 5.74) is -0.168. The Hall–Kier alpha value is -4.60. The summed E-state index contributed by atoms with van der Waals surface area (Å²) in [7, 11) is 1.75. The van der Waals surface area contributed by atoms with E-state index in [1.807, 2.05) is 0 Å². The number of aromatic hydroxyl groups is 1. The molecule has 2 N–H and O–H groups in total. The predicted octanol–water partition coefficient (Wildman–Crippen LogP) is 6.23. The fourth-order valence-electron chi connectivity index (χ4n) is 8.72. The number of hydrogen-bond donors (Lipinski definition) is 2. The van der Waals surface area contributed by atoms with Gasteiger partial charge in [0.25, 0.3) is 0 Å². The second-order valence-corrected chi connectivity index (χ2v) is 14.2. The van der Waals surface area contributed by atoms with Gasteiger partial charge in [-0.3, -0.25) is 9.58 Å². The Morgan fingerprint density at radius 2 is 1.94 bits per heavy atom. The molecule has 50 heavy (non-hydrogen) atoms. The average molecular weight is 684 g/mol. The van der Waals surface area contributed by atoms with Gasteiger partial charge in [0.1, 0.15) is 41.2 Å². The maximum Gasteiger partial charge on any atom is 0.319 e. The van der Waals surface area contributed by atoms with Crippen molar-refractivity contribution in [3.8, 4) is 35.2 Å². The molecular weight excluding hydrogens is 643 g/mol. The largest absolute Gasteiger partial charge is 0.508 e. The number of halogens is 3. The highest BCUT2D eigenvalue weighted by atomic mass is 19.1. The van der Waals surface area contributed by atoms with Gasteiger partial charge in [-0.2, -0.15) is 15.1 Å². The summed E-state index contributed by atoms with van der Waals surface area (Å²) in [5.74, 6) is 1.45. The normalized spacial score (nSPS) is 22.1. The lowest BCUT2D eigenvalue weighted by molar-refractivity contribution is 0.107. The van der Waals surface area contributed by atoms with Gasteiger partial charge in [-0.25, -0.2) is 13.2 Å². The van der Waals surface area contributed by atoms with Crippen molar-refractivity contribution in [2.45, 2.75) is 63.2 Å². The summed E-state index contributed by atoms with van der Waals surface area (Å²) in [6, 6.07) is 5.59. The Labute approximate surface area is 288 Å². The molecule has 3 fully saturated rings. The van der Waals surface area contributed by atoms with Gasteiger partial charge in [-0.1, -0.05) is 25.8 Å². The smallest absolute Gasteiger partial charge is 0.319 e. The lowest BCUT2D eigenvalue weighted by atomic mass is 9.89. The number of benzene rings is 3. The molecule has 3 aliphatic rings. The van der Waals surface area contributed by atoms with Crippen LogP contribution in [0, 0.1) is 24.0 Å². The third-order valence-corrected chi connectivity index (χ3v) is 11.4. The maximum absolute atomic E-state index is 17.6. The van der Waals surface area contributed by atoms with E-state index in [-0.39, 0.29) is 51.5 Å². The van der Waals surface area contributed by atoms with Crippen LogP contribution < -0.4 is 15.0 Å². The molecule has 3 aliphatic heterocycles. The van der Waals surface area contributed by atoms with Crippen LogP contribution >= 0.6 is 0 Å². The number of terminal acetylenes is 1. The SMILES string of the molecule is C#Cc1c(F)ccc2cc(O)cc(-c3c(F)c4nc(OC[C@@]56CCCN5C[C@H](F)C6)nc(N5CCNC(CC)(CC)C5)c4c4cn(C)nc34)c12. The molecule has 0 aliphatic carbocycles. The van der Waals surface area contributed by atoms with Gasteiger partial charge in [0, 0.05) is 67.7 Å². The van der Waals surface area contributed by atoms with Crippen molar-refractivity contribution in [3.63, 3.8) is 0 Å². The second kappa shape index (κ2) is 12.0. The predicted molar refractivity (Wildman–Crippen MR) is 188 cm³/mol. The number of rotatable bonds is 7. The summed E-state index contributed by atoms with van der Waals surface area (Å²) in [5, 5.41) is 21.0. The number of anilines is 1. The number of phenols is 1. The highest BCUT2D eigenvalue weighted by molar-refractivity contribution is 6.18. The summed E-state index contributed by atoms with van der Waals surface area (Å²) >= 11 is 0. The number of aryl methyl sites for hydroxylation is 1. The minimum absolute atomic E-state index is 0.00243. The van der Waals surface area contributed by atoms with Crippen LogP contribution in [0.15, 0.2) is 30.5 Å². The molecule has 0 spiro atoms. The number of aromatic nitrogens is 4. The third-order valence-electron chi connectivity index (χ3n) is 11.4. The fourth-order valence-corrected chi connectivity index (χ4v) is 8.72. The maximum atomic E-state index is 17.6. The molecule has 260 valence electrons. The lowest BCUT2D eigenvalue weighted by Gasteiger charge is -2.44. The summed E-state index contributed by atoms with van der Waals surface area (Å²) < 4.78 is 55.4. The van der Waals surface area contributed by atoms with Gasteiger partial charge in [0.15, 0.2) is 5.82 Å². The number of ether oxygens (including phenoxy) is 1. The van der Waals surface area contributed by atoms with Crippen molar-refractivity contribution in [2.75, 3.05) is 44.2 Å². The van der Waals surface area contributed by atoms with E-state index in [2.05, 4.69) is 34.9 Å². The number of hydrogen-bond acceptors (Lipinski definition) is 8. The zero-order chi connectivity index (χ0) is 34.9. The lowest BCUT2D eigenvalue weighted by Crippen LogP contribution is -2.60. The Bertz CT molecular complexity index is 2210. The Morgan fingerprint density at radius 3 is 2.72 bits per heavy atom.